The first-order valence-corrected chi connectivity index (χ1v) is 6.52. The number of methoxy groups -OCH3 is 1. The van der Waals surface area contributed by atoms with E-state index >= 15 is 0 Å². The summed E-state index contributed by atoms with van der Waals surface area (Å²) in [6, 6.07) is 8.72. The van der Waals surface area contributed by atoms with Gasteiger partial charge in [0.2, 0.25) is 5.91 Å². The summed E-state index contributed by atoms with van der Waals surface area (Å²) in [6.07, 6.45) is 7.14. The van der Waals surface area contributed by atoms with E-state index in [2.05, 4.69) is 16.0 Å². The van der Waals surface area contributed by atoms with Crippen molar-refractivity contribution in [3.63, 3.8) is 0 Å². The van der Waals surface area contributed by atoms with E-state index in [1.54, 1.807) is 0 Å². The number of carbonyl (C=O) groups excluding carboxylic acids is 2. The largest absolute Gasteiger partial charge is 0.467 e. The van der Waals surface area contributed by atoms with E-state index in [1.807, 2.05) is 30.3 Å². The molecule has 1 N–H and O–H groups in total. The molecule has 0 radical (unpaired) electrons. The minimum absolute atomic E-state index is 0.202. The average Bonchev–Trinajstić information content (AvgIpc) is 2.46. The molecular formula is C16H19NO3. The number of hydrogen-bond acceptors (Lipinski definition) is 3. The summed E-state index contributed by atoms with van der Waals surface area (Å²) in [4.78, 5) is 23.5. The molecule has 20 heavy (non-hydrogen) atoms. The molecule has 1 aromatic rings. The van der Waals surface area contributed by atoms with E-state index in [4.69, 9.17) is 6.42 Å². The van der Waals surface area contributed by atoms with Gasteiger partial charge >= 0.3 is 5.97 Å². The van der Waals surface area contributed by atoms with Crippen LogP contribution in [0, 0.1) is 12.3 Å². The van der Waals surface area contributed by atoms with Crippen molar-refractivity contribution in [1.82, 2.24) is 5.32 Å². The predicted molar refractivity (Wildman–Crippen MR) is 76.8 cm³/mol. The number of nitrogens with one attached hydrogen (secondary N) is 1. The Balaban J connectivity index is 2.53. The van der Waals surface area contributed by atoms with Gasteiger partial charge in [-0.25, -0.2) is 4.79 Å². The molecule has 0 aromatic heterocycles. The van der Waals surface area contributed by atoms with Crippen molar-refractivity contribution in [3.8, 4) is 12.3 Å². The van der Waals surface area contributed by atoms with Gasteiger partial charge in [0.25, 0.3) is 0 Å². The highest BCUT2D eigenvalue weighted by molar-refractivity contribution is 5.85. The summed E-state index contributed by atoms with van der Waals surface area (Å²) < 4.78 is 4.69. The lowest BCUT2D eigenvalue weighted by Crippen LogP contribution is -2.42. The van der Waals surface area contributed by atoms with Crippen molar-refractivity contribution in [3.05, 3.63) is 35.9 Å². The van der Waals surface area contributed by atoms with Gasteiger partial charge in [0.1, 0.15) is 6.04 Å². The SMILES string of the molecule is C#CCCC[C@@H](NC(=O)Cc1ccccc1)C(=O)OC. The molecule has 0 saturated heterocycles. The molecule has 0 unspecified atom stereocenters. The number of ether oxygens (including phenoxy) is 1. The van der Waals surface area contributed by atoms with Crippen LogP contribution in [0.4, 0.5) is 0 Å². The van der Waals surface area contributed by atoms with Crippen LogP contribution in [0.5, 0.6) is 0 Å². The summed E-state index contributed by atoms with van der Waals surface area (Å²) in [5.41, 5.74) is 0.900. The molecule has 4 heteroatoms. The van der Waals surface area contributed by atoms with Gasteiger partial charge in [0.05, 0.1) is 13.5 Å². The van der Waals surface area contributed by atoms with Crippen LogP contribution in [0.2, 0.25) is 0 Å². The maximum absolute atomic E-state index is 11.9. The number of rotatable bonds is 7. The number of carbonyl (C=O) groups is 2. The van der Waals surface area contributed by atoms with Crippen LogP contribution < -0.4 is 5.32 Å². The zero-order valence-corrected chi connectivity index (χ0v) is 11.6. The van der Waals surface area contributed by atoms with Gasteiger partial charge in [-0.3, -0.25) is 4.79 Å². The van der Waals surface area contributed by atoms with E-state index in [9.17, 15) is 9.59 Å². The third-order valence-corrected chi connectivity index (χ3v) is 2.84. The molecule has 0 aliphatic heterocycles. The van der Waals surface area contributed by atoms with Crippen LogP contribution >= 0.6 is 0 Å². The second-order valence-corrected chi connectivity index (χ2v) is 4.40. The second-order valence-electron chi connectivity index (χ2n) is 4.40. The topological polar surface area (TPSA) is 55.4 Å². The van der Waals surface area contributed by atoms with Gasteiger partial charge in [-0.1, -0.05) is 30.3 Å². The first-order chi connectivity index (χ1) is 9.67. The molecule has 0 fully saturated rings. The number of terminal acetylenes is 1. The van der Waals surface area contributed by atoms with Crippen LogP contribution in [0.3, 0.4) is 0 Å². The molecule has 0 heterocycles. The summed E-state index contributed by atoms with van der Waals surface area (Å²) in [6.45, 7) is 0. The Kier molecular flexibility index (Phi) is 6.91. The number of unbranched alkanes of at least 4 members (excludes halogenated alkanes) is 1. The lowest BCUT2D eigenvalue weighted by molar-refractivity contribution is -0.145. The zero-order chi connectivity index (χ0) is 14.8. The molecule has 1 rings (SSSR count). The van der Waals surface area contributed by atoms with Gasteiger partial charge in [-0.05, 0) is 18.4 Å². The highest BCUT2D eigenvalue weighted by Gasteiger charge is 2.20. The summed E-state index contributed by atoms with van der Waals surface area (Å²) in [5.74, 6) is 1.87. The van der Waals surface area contributed by atoms with Crippen molar-refractivity contribution >= 4 is 11.9 Å². The lowest BCUT2D eigenvalue weighted by Gasteiger charge is -2.16. The van der Waals surface area contributed by atoms with Gasteiger partial charge in [0.15, 0.2) is 0 Å². The number of hydrogen-bond donors (Lipinski definition) is 1. The fraction of sp³-hybridized carbons (Fsp3) is 0.375. The van der Waals surface area contributed by atoms with Crippen molar-refractivity contribution in [1.29, 1.82) is 0 Å². The predicted octanol–water partition coefficient (Wildman–Crippen LogP) is 1.69. The van der Waals surface area contributed by atoms with Crippen LogP contribution in [0.25, 0.3) is 0 Å². The molecular weight excluding hydrogens is 254 g/mol. The minimum atomic E-state index is -0.635. The van der Waals surface area contributed by atoms with Crippen LogP contribution in [0.1, 0.15) is 24.8 Å². The van der Waals surface area contributed by atoms with Gasteiger partial charge in [-0.15, -0.1) is 12.3 Å². The quantitative estimate of drug-likeness (QED) is 0.467. The maximum Gasteiger partial charge on any atom is 0.328 e. The molecule has 0 saturated carbocycles. The molecule has 4 nitrogen and oxygen atoms in total. The Morgan fingerprint density at radius 1 is 1.35 bits per heavy atom. The zero-order valence-electron chi connectivity index (χ0n) is 11.6. The Bertz CT molecular complexity index is 476. The highest BCUT2D eigenvalue weighted by atomic mass is 16.5. The van der Waals surface area contributed by atoms with Crippen LogP contribution in [-0.2, 0) is 20.7 Å². The first-order valence-electron chi connectivity index (χ1n) is 6.52. The van der Waals surface area contributed by atoms with Crippen molar-refractivity contribution in [2.24, 2.45) is 0 Å². The third kappa shape index (κ3) is 5.57. The first kappa shape index (κ1) is 15.8. The summed E-state index contributed by atoms with van der Waals surface area (Å²) in [5, 5.41) is 2.69. The van der Waals surface area contributed by atoms with Gasteiger partial charge in [0, 0.05) is 6.42 Å². The Hall–Kier alpha value is -2.28. The average molecular weight is 273 g/mol. The molecule has 1 aromatic carbocycles. The van der Waals surface area contributed by atoms with Gasteiger partial charge < -0.3 is 10.1 Å². The highest BCUT2D eigenvalue weighted by Crippen LogP contribution is 2.04. The molecule has 0 bridgehead atoms. The molecule has 106 valence electrons. The number of esters is 1. The summed E-state index contributed by atoms with van der Waals surface area (Å²) in [7, 11) is 1.31. The maximum atomic E-state index is 11.9. The summed E-state index contributed by atoms with van der Waals surface area (Å²) >= 11 is 0. The number of benzene rings is 1. The normalized spacial score (nSPS) is 11.2. The fourth-order valence-electron chi connectivity index (χ4n) is 1.83. The van der Waals surface area contributed by atoms with Crippen molar-refractivity contribution < 1.29 is 14.3 Å². The van der Waals surface area contributed by atoms with Crippen molar-refractivity contribution in [2.75, 3.05) is 7.11 Å². The van der Waals surface area contributed by atoms with E-state index in [-0.39, 0.29) is 12.3 Å². The molecule has 0 spiro atoms. The minimum Gasteiger partial charge on any atom is -0.467 e. The van der Waals surface area contributed by atoms with Crippen LogP contribution in [-0.4, -0.2) is 25.0 Å². The second kappa shape index (κ2) is 8.76. The van der Waals surface area contributed by atoms with E-state index in [1.165, 1.54) is 7.11 Å². The Morgan fingerprint density at radius 2 is 2.05 bits per heavy atom. The Morgan fingerprint density at radius 3 is 2.65 bits per heavy atom. The lowest BCUT2D eigenvalue weighted by atomic mass is 10.1. The molecule has 0 aliphatic rings. The van der Waals surface area contributed by atoms with E-state index in [0.29, 0.717) is 19.3 Å². The van der Waals surface area contributed by atoms with E-state index < -0.39 is 12.0 Å². The molecule has 1 amide bonds. The third-order valence-electron chi connectivity index (χ3n) is 2.84. The van der Waals surface area contributed by atoms with Gasteiger partial charge in [-0.2, -0.15) is 0 Å². The Labute approximate surface area is 119 Å². The van der Waals surface area contributed by atoms with E-state index in [0.717, 1.165) is 5.56 Å². The molecule has 1 atom stereocenters. The van der Waals surface area contributed by atoms with Crippen molar-refractivity contribution in [2.45, 2.75) is 31.7 Å². The monoisotopic (exact) mass is 273 g/mol. The fourth-order valence-corrected chi connectivity index (χ4v) is 1.83. The number of amides is 1. The smallest absolute Gasteiger partial charge is 0.328 e. The van der Waals surface area contributed by atoms with Crippen LogP contribution in [0.15, 0.2) is 30.3 Å². The standard InChI is InChI=1S/C16H19NO3/c1-3-4-6-11-14(16(19)20-2)17-15(18)12-13-9-7-5-8-10-13/h1,5,7-10,14H,4,6,11-12H2,2H3,(H,17,18)/t14-/m1/s1. The molecule has 0 aliphatic carbocycles.